The number of carbonyl (C=O) groups is 4. The molecule has 3 amide bonds. The van der Waals surface area contributed by atoms with Gasteiger partial charge in [0, 0.05) is 6.54 Å². The van der Waals surface area contributed by atoms with Crippen molar-refractivity contribution in [1.82, 2.24) is 16.0 Å². The molecule has 0 aromatic carbocycles. The fourth-order valence-electron chi connectivity index (χ4n) is 2.84. The number of carboxylic acids is 1. The van der Waals surface area contributed by atoms with Crippen LogP contribution in [-0.2, 0) is 19.2 Å². The lowest BCUT2D eigenvalue weighted by molar-refractivity contribution is -0.142. The second kappa shape index (κ2) is 16.7. The Morgan fingerprint density at radius 1 is 0.970 bits per heavy atom. The zero-order valence-electron chi connectivity index (χ0n) is 19.5. The van der Waals surface area contributed by atoms with Gasteiger partial charge < -0.3 is 44.0 Å². The van der Waals surface area contributed by atoms with Crippen molar-refractivity contribution < 1.29 is 24.3 Å². The minimum Gasteiger partial charge on any atom is -0.480 e. The van der Waals surface area contributed by atoms with E-state index in [0.29, 0.717) is 32.2 Å². The van der Waals surface area contributed by atoms with Crippen LogP contribution in [0.15, 0.2) is 4.99 Å². The first-order valence-electron chi connectivity index (χ1n) is 11.1. The average molecular weight is 473 g/mol. The third kappa shape index (κ3) is 13.3. The molecule has 4 atom stereocenters. The van der Waals surface area contributed by atoms with Crippen molar-refractivity contribution in [3.05, 3.63) is 0 Å². The number of aliphatic carboxylic acids is 1. The summed E-state index contributed by atoms with van der Waals surface area (Å²) in [5.41, 5.74) is 21.8. The lowest BCUT2D eigenvalue weighted by atomic mass is 9.99. The summed E-state index contributed by atoms with van der Waals surface area (Å²) in [6.45, 7) is 4.01. The zero-order chi connectivity index (χ0) is 25.4. The maximum atomic E-state index is 12.7. The number of hydrogen-bond acceptors (Lipinski definition) is 7. The number of aliphatic imine (C=N–C) groups is 1. The minimum atomic E-state index is -1.22. The number of carboxylic acid groups (broad SMARTS) is 1. The molecule has 0 aliphatic carbocycles. The Kier molecular flexibility index (Phi) is 15.2. The SMILES string of the molecule is CCC(C)C(N)C(=O)NCC(=O)NC(CCCCN)C(=O)NC(CCCN=C(N)N)C(=O)O. The number of carbonyl (C=O) groups excluding carboxylic acids is 3. The largest absolute Gasteiger partial charge is 0.480 e. The van der Waals surface area contributed by atoms with Crippen molar-refractivity contribution in [2.45, 2.75) is 70.5 Å². The van der Waals surface area contributed by atoms with Crippen LogP contribution in [0.25, 0.3) is 0 Å². The molecule has 0 rings (SSSR count). The maximum Gasteiger partial charge on any atom is 0.326 e. The van der Waals surface area contributed by atoms with E-state index in [9.17, 15) is 24.3 Å². The summed E-state index contributed by atoms with van der Waals surface area (Å²) in [6, 6.07) is -2.90. The van der Waals surface area contributed by atoms with Crippen LogP contribution in [0.3, 0.4) is 0 Å². The van der Waals surface area contributed by atoms with Crippen LogP contribution < -0.4 is 38.9 Å². The molecule has 0 aliphatic heterocycles. The second-order valence-electron chi connectivity index (χ2n) is 7.88. The Morgan fingerprint density at radius 2 is 1.61 bits per heavy atom. The molecule has 0 bridgehead atoms. The maximum absolute atomic E-state index is 12.7. The first-order chi connectivity index (χ1) is 15.5. The number of hydrogen-bond donors (Lipinski definition) is 8. The van der Waals surface area contributed by atoms with Gasteiger partial charge in [0.05, 0.1) is 12.6 Å². The number of unbranched alkanes of at least 4 members (excludes halogenated alkanes) is 1. The van der Waals surface area contributed by atoms with Gasteiger partial charge in [-0.25, -0.2) is 4.79 Å². The number of nitrogens with one attached hydrogen (secondary N) is 3. The fourth-order valence-corrected chi connectivity index (χ4v) is 2.84. The van der Waals surface area contributed by atoms with Crippen LogP contribution >= 0.6 is 0 Å². The van der Waals surface area contributed by atoms with Gasteiger partial charge in [-0.2, -0.15) is 0 Å². The topological polar surface area (TPSA) is 241 Å². The molecule has 0 aromatic rings. The van der Waals surface area contributed by atoms with Crippen molar-refractivity contribution in [1.29, 1.82) is 0 Å². The summed E-state index contributed by atoms with van der Waals surface area (Å²) >= 11 is 0. The van der Waals surface area contributed by atoms with E-state index in [1.165, 1.54) is 0 Å². The molecule has 12 N–H and O–H groups in total. The summed E-state index contributed by atoms with van der Waals surface area (Å²) in [6.07, 6.45) is 2.58. The molecule has 0 heterocycles. The average Bonchev–Trinajstić information content (AvgIpc) is 2.77. The smallest absolute Gasteiger partial charge is 0.326 e. The molecular formula is C20H40N8O5. The quantitative estimate of drug-likeness (QED) is 0.0644. The van der Waals surface area contributed by atoms with Gasteiger partial charge in [0.15, 0.2) is 5.96 Å². The molecule has 4 unspecified atom stereocenters. The molecule has 190 valence electrons. The van der Waals surface area contributed by atoms with Crippen molar-refractivity contribution in [3.8, 4) is 0 Å². The van der Waals surface area contributed by atoms with Crippen LogP contribution in [0, 0.1) is 5.92 Å². The Hall–Kier alpha value is -2.93. The Labute approximate surface area is 194 Å². The van der Waals surface area contributed by atoms with Crippen molar-refractivity contribution in [3.63, 3.8) is 0 Å². The van der Waals surface area contributed by atoms with Gasteiger partial charge in [0.1, 0.15) is 12.1 Å². The molecule has 13 nitrogen and oxygen atoms in total. The lowest BCUT2D eigenvalue weighted by Crippen LogP contribution is -2.54. The van der Waals surface area contributed by atoms with E-state index in [1.54, 1.807) is 0 Å². The second-order valence-corrected chi connectivity index (χ2v) is 7.88. The van der Waals surface area contributed by atoms with Crippen LogP contribution in [0.4, 0.5) is 0 Å². The molecule has 0 radical (unpaired) electrons. The number of nitrogens with zero attached hydrogens (tertiary/aromatic N) is 1. The monoisotopic (exact) mass is 472 g/mol. The van der Waals surface area contributed by atoms with E-state index in [2.05, 4.69) is 20.9 Å². The molecular weight excluding hydrogens is 432 g/mol. The van der Waals surface area contributed by atoms with Crippen LogP contribution in [0.1, 0.15) is 52.4 Å². The Morgan fingerprint density at radius 3 is 2.15 bits per heavy atom. The van der Waals surface area contributed by atoms with Gasteiger partial charge in [0.2, 0.25) is 17.7 Å². The predicted molar refractivity (Wildman–Crippen MR) is 125 cm³/mol. The first kappa shape index (κ1) is 30.1. The van der Waals surface area contributed by atoms with Gasteiger partial charge in [0.25, 0.3) is 0 Å². The highest BCUT2D eigenvalue weighted by molar-refractivity contribution is 5.92. The first-order valence-corrected chi connectivity index (χ1v) is 11.1. The van der Waals surface area contributed by atoms with E-state index in [1.807, 2.05) is 13.8 Å². The highest BCUT2D eigenvalue weighted by atomic mass is 16.4. The standard InChI is InChI=1S/C20H40N8O5/c1-3-12(2)16(22)18(31)26-11-15(29)27-13(7-4-5-9-21)17(30)28-14(19(32)33)8-6-10-25-20(23)24/h12-14,16H,3-11,21-22H2,1-2H3,(H,26,31)(H,27,29)(H,28,30)(H,32,33)(H4,23,24,25). The molecule has 0 saturated heterocycles. The number of nitrogens with two attached hydrogens (primary N) is 4. The third-order valence-corrected chi connectivity index (χ3v) is 5.14. The number of guanidine groups is 1. The van der Waals surface area contributed by atoms with Gasteiger partial charge in [-0.05, 0) is 44.6 Å². The molecule has 33 heavy (non-hydrogen) atoms. The third-order valence-electron chi connectivity index (χ3n) is 5.14. The fraction of sp³-hybridized carbons (Fsp3) is 0.750. The Bertz CT molecular complexity index is 669. The normalized spacial score (nSPS) is 14.3. The van der Waals surface area contributed by atoms with Crippen LogP contribution in [0.2, 0.25) is 0 Å². The van der Waals surface area contributed by atoms with E-state index in [4.69, 9.17) is 22.9 Å². The van der Waals surface area contributed by atoms with Gasteiger partial charge >= 0.3 is 5.97 Å². The summed E-state index contributed by atoms with van der Waals surface area (Å²) in [4.78, 5) is 52.4. The van der Waals surface area contributed by atoms with Crippen molar-refractivity contribution >= 4 is 29.7 Å². The van der Waals surface area contributed by atoms with Crippen molar-refractivity contribution in [2.24, 2.45) is 33.8 Å². The number of amides is 3. The predicted octanol–water partition coefficient (Wildman–Crippen LogP) is -2.29. The molecule has 0 aliphatic rings. The Balaban J connectivity index is 4.97. The molecule has 0 aromatic heterocycles. The van der Waals surface area contributed by atoms with E-state index < -0.39 is 41.8 Å². The summed E-state index contributed by atoms with van der Waals surface area (Å²) in [5.74, 6) is -3.07. The summed E-state index contributed by atoms with van der Waals surface area (Å²) in [7, 11) is 0. The highest BCUT2D eigenvalue weighted by Crippen LogP contribution is 2.06. The molecule has 0 fully saturated rings. The van der Waals surface area contributed by atoms with E-state index >= 15 is 0 Å². The summed E-state index contributed by atoms with van der Waals surface area (Å²) in [5, 5.41) is 16.8. The van der Waals surface area contributed by atoms with Crippen LogP contribution in [-0.4, -0.2) is 72.5 Å². The minimum absolute atomic E-state index is 0.0530. The van der Waals surface area contributed by atoms with Gasteiger partial charge in [-0.15, -0.1) is 0 Å². The molecule has 0 saturated carbocycles. The van der Waals surface area contributed by atoms with Crippen molar-refractivity contribution in [2.75, 3.05) is 19.6 Å². The zero-order valence-corrected chi connectivity index (χ0v) is 19.5. The summed E-state index contributed by atoms with van der Waals surface area (Å²) < 4.78 is 0. The lowest BCUT2D eigenvalue weighted by Gasteiger charge is -2.22. The van der Waals surface area contributed by atoms with Gasteiger partial charge in [-0.3, -0.25) is 19.4 Å². The highest BCUT2D eigenvalue weighted by Gasteiger charge is 2.26. The molecule has 0 spiro atoms. The van der Waals surface area contributed by atoms with Crippen LogP contribution in [0.5, 0.6) is 0 Å². The number of rotatable bonds is 17. The van der Waals surface area contributed by atoms with E-state index in [-0.39, 0.29) is 37.8 Å². The van der Waals surface area contributed by atoms with E-state index in [0.717, 1.165) is 0 Å². The van der Waals surface area contributed by atoms with Gasteiger partial charge in [-0.1, -0.05) is 20.3 Å². The molecule has 13 heteroatoms.